The van der Waals surface area contributed by atoms with Crippen molar-refractivity contribution in [2.45, 2.75) is 25.9 Å². The number of para-hydroxylation sites is 1. The van der Waals surface area contributed by atoms with Gasteiger partial charge in [0, 0.05) is 37.0 Å². The Morgan fingerprint density at radius 2 is 1.96 bits per heavy atom. The molecule has 0 radical (unpaired) electrons. The van der Waals surface area contributed by atoms with Gasteiger partial charge in [-0.25, -0.2) is 4.98 Å². The Hall–Kier alpha value is -1.85. The Balaban J connectivity index is 1.78. The van der Waals surface area contributed by atoms with Gasteiger partial charge >= 0.3 is 0 Å². The number of ether oxygens (including phenoxy) is 3. The fourth-order valence-electron chi connectivity index (χ4n) is 3.32. The van der Waals surface area contributed by atoms with Crippen molar-refractivity contribution in [1.29, 1.82) is 0 Å². The summed E-state index contributed by atoms with van der Waals surface area (Å²) in [6, 6.07) is 8.30. The van der Waals surface area contributed by atoms with Crippen LogP contribution in [-0.4, -0.2) is 51.6 Å². The number of piperidine rings is 1. The normalized spacial score (nSPS) is 15.9. The van der Waals surface area contributed by atoms with Crippen LogP contribution in [-0.2, 0) is 9.47 Å². The first-order chi connectivity index (χ1) is 11.7. The van der Waals surface area contributed by atoms with E-state index in [9.17, 15) is 0 Å². The fraction of sp³-hybridized carbons (Fsp3) is 0.526. The lowest BCUT2D eigenvalue weighted by Gasteiger charge is -2.34. The molecule has 0 spiro atoms. The summed E-state index contributed by atoms with van der Waals surface area (Å²) in [5.74, 6) is 0.829. The summed E-state index contributed by atoms with van der Waals surface area (Å²) in [6.07, 6.45) is 2.41. The van der Waals surface area contributed by atoms with Crippen molar-refractivity contribution in [3.63, 3.8) is 0 Å². The molecular weight excluding hydrogens is 304 g/mol. The molecule has 1 aromatic heterocycles. The monoisotopic (exact) mass is 330 g/mol. The number of fused-ring (bicyclic) bond motifs is 1. The van der Waals surface area contributed by atoms with Crippen LogP contribution >= 0.6 is 0 Å². The first-order valence-corrected chi connectivity index (χ1v) is 8.52. The highest BCUT2D eigenvalue weighted by atomic mass is 16.5. The van der Waals surface area contributed by atoms with Gasteiger partial charge in [-0.05, 0) is 31.9 Å². The molecule has 1 fully saturated rings. The first-order valence-electron chi connectivity index (χ1n) is 8.52. The van der Waals surface area contributed by atoms with E-state index in [1.807, 2.05) is 19.1 Å². The second kappa shape index (κ2) is 7.81. The smallest absolute Gasteiger partial charge is 0.145 e. The van der Waals surface area contributed by atoms with Crippen LogP contribution in [0.2, 0.25) is 0 Å². The number of rotatable bonds is 6. The van der Waals surface area contributed by atoms with Gasteiger partial charge in [0.05, 0.1) is 26.4 Å². The molecule has 1 aliphatic rings. The minimum atomic E-state index is 0.333. The predicted molar refractivity (Wildman–Crippen MR) is 96.1 cm³/mol. The standard InChI is InChI=1S/C19H26N2O3/c1-14-13-17(16-5-4-6-18(23-3)19(16)20-14)21-9-7-15(8-10-21)24-12-11-22-2/h4-6,13,15H,7-12H2,1-3H3. The van der Waals surface area contributed by atoms with Crippen molar-refractivity contribution in [1.82, 2.24) is 4.98 Å². The molecule has 0 N–H and O–H groups in total. The minimum absolute atomic E-state index is 0.333. The molecule has 0 aliphatic carbocycles. The molecule has 130 valence electrons. The SMILES string of the molecule is COCCOC1CCN(c2cc(C)nc3c(OC)cccc23)CC1. The molecule has 0 bridgehead atoms. The lowest BCUT2D eigenvalue weighted by molar-refractivity contribution is 0.00612. The maximum atomic E-state index is 5.87. The quantitative estimate of drug-likeness (QED) is 0.761. The Morgan fingerprint density at radius 3 is 2.67 bits per heavy atom. The second-order valence-electron chi connectivity index (χ2n) is 6.19. The molecule has 0 atom stereocenters. The predicted octanol–water partition coefficient (Wildman–Crippen LogP) is 3.18. The van der Waals surface area contributed by atoms with Gasteiger partial charge in [0.25, 0.3) is 0 Å². The third kappa shape index (κ3) is 3.62. The summed E-state index contributed by atoms with van der Waals surface area (Å²) >= 11 is 0. The molecular formula is C19H26N2O3. The lowest BCUT2D eigenvalue weighted by Crippen LogP contribution is -2.37. The van der Waals surface area contributed by atoms with Crippen molar-refractivity contribution in [3.05, 3.63) is 30.0 Å². The number of aromatic nitrogens is 1. The van der Waals surface area contributed by atoms with Gasteiger partial charge in [-0.1, -0.05) is 12.1 Å². The van der Waals surface area contributed by atoms with E-state index in [1.165, 1.54) is 5.69 Å². The molecule has 3 rings (SSSR count). The van der Waals surface area contributed by atoms with Crippen molar-refractivity contribution in [2.24, 2.45) is 0 Å². The van der Waals surface area contributed by atoms with E-state index < -0.39 is 0 Å². The van der Waals surface area contributed by atoms with Crippen molar-refractivity contribution >= 4 is 16.6 Å². The van der Waals surface area contributed by atoms with Crippen LogP contribution in [0.3, 0.4) is 0 Å². The molecule has 24 heavy (non-hydrogen) atoms. The Bertz CT molecular complexity index is 682. The summed E-state index contributed by atoms with van der Waals surface area (Å²) in [5, 5.41) is 1.15. The molecule has 2 heterocycles. The minimum Gasteiger partial charge on any atom is -0.494 e. The molecule has 2 aromatic rings. The van der Waals surface area contributed by atoms with Gasteiger partial charge in [-0.3, -0.25) is 0 Å². The average molecular weight is 330 g/mol. The van der Waals surface area contributed by atoms with Crippen LogP contribution in [0.1, 0.15) is 18.5 Å². The van der Waals surface area contributed by atoms with E-state index in [4.69, 9.17) is 14.2 Å². The van der Waals surface area contributed by atoms with Gasteiger partial charge in [0.1, 0.15) is 11.3 Å². The van der Waals surface area contributed by atoms with Crippen LogP contribution in [0.25, 0.3) is 10.9 Å². The van der Waals surface area contributed by atoms with E-state index in [2.05, 4.69) is 22.0 Å². The largest absolute Gasteiger partial charge is 0.494 e. The highest BCUT2D eigenvalue weighted by Crippen LogP contribution is 2.33. The molecule has 5 nitrogen and oxygen atoms in total. The van der Waals surface area contributed by atoms with Crippen LogP contribution in [0.4, 0.5) is 5.69 Å². The van der Waals surface area contributed by atoms with Gasteiger partial charge in [-0.15, -0.1) is 0 Å². The summed E-state index contributed by atoms with van der Waals surface area (Å²) < 4.78 is 16.4. The Morgan fingerprint density at radius 1 is 1.17 bits per heavy atom. The Kier molecular flexibility index (Phi) is 5.53. The number of methoxy groups -OCH3 is 2. The van der Waals surface area contributed by atoms with Crippen LogP contribution in [0.15, 0.2) is 24.3 Å². The number of aryl methyl sites for hydroxylation is 1. The number of benzene rings is 1. The third-order valence-electron chi connectivity index (χ3n) is 4.55. The van der Waals surface area contributed by atoms with Crippen LogP contribution in [0.5, 0.6) is 5.75 Å². The number of pyridine rings is 1. The lowest BCUT2D eigenvalue weighted by atomic mass is 10.0. The molecule has 0 unspecified atom stereocenters. The topological polar surface area (TPSA) is 43.8 Å². The molecule has 0 saturated carbocycles. The second-order valence-corrected chi connectivity index (χ2v) is 6.19. The van der Waals surface area contributed by atoms with Crippen LogP contribution < -0.4 is 9.64 Å². The number of nitrogens with zero attached hydrogens (tertiary/aromatic N) is 2. The zero-order valence-corrected chi connectivity index (χ0v) is 14.7. The highest BCUT2D eigenvalue weighted by molar-refractivity contribution is 5.95. The van der Waals surface area contributed by atoms with E-state index in [0.29, 0.717) is 19.3 Å². The Labute approximate surface area is 143 Å². The first kappa shape index (κ1) is 17.0. The maximum Gasteiger partial charge on any atom is 0.145 e. The van der Waals surface area contributed by atoms with Crippen LogP contribution in [0, 0.1) is 6.92 Å². The van der Waals surface area contributed by atoms with Gasteiger partial charge in [-0.2, -0.15) is 0 Å². The summed E-state index contributed by atoms with van der Waals surface area (Å²) in [6.45, 7) is 5.36. The zero-order chi connectivity index (χ0) is 16.9. The van der Waals surface area contributed by atoms with E-state index in [-0.39, 0.29) is 0 Å². The number of anilines is 1. The molecule has 0 amide bonds. The zero-order valence-electron chi connectivity index (χ0n) is 14.7. The van der Waals surface area contributed by atoms with E-state index >= 15 is 0 Å². The number of hydrogen-bond donors (Lipinski definition) is 0. The third-order valence-corrected chi connectivity index (χ3v) is 4.55. The van der Waals surface area contributed by atoms with E-state index in [0.717, 1.165) is 48.3 Å². The molecule has 1 saturated heterocycles. The highest BCUT2D eigenvalue weighted by Gasteiger charge is 2.22. The van der Waals surface area contributed by atoms with Gasteiger partial charge < -0.3 is 19.1 Å². The summed E-state index contributed by atoms with van der Waals surface area (Å²) in [5.41, 5.74) is 3.20. The van der Waals surface area contributed by atoms with Crippen molar-refractivity contribution < 1.29 is 14.2 Å². The van der Waals surface area contributed by atoms with Crippen molar-refractivity contribution in [2.75, 3.05) is 45.4 Å². The van der Waals surface area contributed by atoms with Crippen molar-refractivity contribution in [3.8, 4) is 5.75 Å². The number of hydrogen-bond acceptors (Lipinski definition) is 5. The van der Waals surface area contributed by atoms with Gasteiger partial charge in [0.2, 0.25) is 0 Å². The summed E-state index contributed by atoms with van der Waals surface area (Å²) in [7, 11) is 3.40. The average Bonchev–Trinajstić information content (AvgIpc) is 2.61. The molecule has 1 aromatic carbocycles. The molecule has 1 aliphatic heterocycles. The maximum absolute atomic E-state index is 5.87. The molecule has 5 heteroatoms. The van der Waals surface area contributed by atoms with E-state index in [1.54, 1.807) is 14.2 Å². The fourth-order valence-corrected chi connectivity index (χ4v) is 3.32. The summed E-state index contributed by atoms with van der Waals surface area (Å²) in [4.78, 5) is 7.11. The van der Waals surface area contributed by atoms with Gasteiger partial charge in [0.15, 0.2) is 0 Å².